The molecular weight excluding hydrogens is 378 g/mol. The van der Waals surface area contributed by atoms with Crippen LogP contribution in [0.2, 0.25) is 0 Å². The maximum atomic E-state index is 13.0. The van der Waals surface area contributed by atoms with Crippen LogP contribution in [0, 0.1) is 12.8 Å². The van der Waals surface area contributed by atoms with Crippen molar-refractivity contribution in [3.63, 3.8) is 0 Å². The molecule has 0 aliphatic carbocycles. The molecule has 0 aliphatic rings. The molecule has 0 saturated heterocycles. The van der Waals surface area contributed by atoms with E-state index in [9.17, 15) is 4.79 Å². The van der Waals surface area contributed by atoms with Crippen LogP contribution in [0.3, 0.4) is 0 Å². The third kappa shape index (κ3) is 4.84. The van der Waals surface area contributed by atoms with Crippen molar-refractivity contribution in [2.75, 3.05) is 13.1 Å². The third-order valence-electron chi connectivity index (χ3n) is 4.61. The quantitative estimate of drug-likeness (QED) is 0.515. The molecule has 0 bridgehead atoms. The van der Waals surface area contributed by atoms with Gasteiger partial charge in [0.15, 0.2) is 0 Å². The number of likely N-dealkylation sites (N-methyl/N-ethyl adjacent to an activating group) is 1. The van der Waals surface area contributed by atoms with E-state index in [0.717, 1.165) is 23.4 Å². The molecule has 0 aliphatic heterocycles. The maximum Gasteiger partial charge on any atom is 0.268 e. The largest absolute Gasteiger partial charge is 0.420 e. The lowest BCUT2D eigenvalue weighted by Gasteiger charge is -2.21. The van der Waals surface area contributed by atoms with Gasteiger partial charge in [-0.15, -0.1) is 10.2 Å². The molecule has 0 fully saturated rings. The van der Waals surface area contributed by atoms with Gasteiger partial charge >= 0.3 is 0 Å². The van der Waals surface area contributed by atoms with Crippen LogP contribution in [-0.2, 0) is 6.42 Å². The summed E-state index contributed by atoms with van der Waals surface area (Å²) in [6.07, 6.45) is 0.828. The first-order valence-electron chi connectivity index (χ1n) is 10.2. The zero-order valence-electron chi connectivity index (χ0n) is 18.3. The van der Waals surface area contributed by atoms with Crippen LogP contribution >= 0.6 is 0 Å². The molecule has 0 radical (unpaired) electrons. The SMILES string of the molecule is C=C(C)CN(CC)C(=O)c1cccc(-n2nc(-c3nnc(C)o3)cc2CC(C)C)c1. The summed E-state index contributed by atoms with van der Waals surface area (Å²) in [6, 6.07) is 9.52. The number of amides is 1. The first-order chi connectivity index (χ1) is 14.3. The number of carbonyl (C=O) groups excluding carboxylic acids is 1. The summed E-state index contributed by atoms with van der Waals surface area (Å²) in [5.41, 5.74) is 4.05. The lowest BCUT2D eigenvalue weighted by molar-refractivity contribution is 0.0778. The van der Waals surface area contributed by atoms with Crippen molar-refractivity contribution < 1.29 is 9.21 Å². The first kappa shape index (κ1) is 21.5. The molecule has 0 atom stereocenters. The number of carbonyl (C=O) groups is 1. The smallest absolute Gasteiger partial charge is 0.268 e. The van der Waals surface area contributed by atoms with Gasteiger partial charge in [-0.3, -0.25) is 4.79 Å². The average Bonchev–Trinajstić information content (AvgIpc) is 3.31. The number of hydrogen-bond acceptors (Lipinski definition) is 5. The molecule has 158 valence electrons. The Morgan fingerprint density at radius 1 is 1.27 bits per heavy atom. The third-order valence-corrected chi connectivity index (χ3v) is 4.61. The van der Waals surface area contributed by atoms with Gasteiger partial charge in [0.05, 0.1) is 5.69 Å². The average molecular weight is 408 g/mol. The van der Waals surface area contributed by atoms with Crippen LogP contribution in [0.4, 0.5) is 0 Å². The molecule has 1 amide bonds. The van der Waals surface area contributed by atoms with E-state index in [2.05, 4.69) is 30.6 Å². The Kier molecular flexibility index (Phi) is 6.50. The number of aryl methyl sites for hydroxylation is 1. The fourth-order valence-electron chi connectivity index (χ4n) is 3.32. The molecule has 3 rings (SSSR count). The molecule has 30 heavy (non-hydrogen) atoms. The van der Waals surface area contributed by atoms with Crippen LogP contribution in [0.25, 0.3) is 17.3 Å². The number of rotatable bonds is 8. The molecular formula is C23H29N5O2. The van der Waals surface area contributed by atoms with E-state index in [4.69, 9.17) is 9.52 Å². The fourth-order valence-corrected chi connectivity index (χ4v) is 3.32. The van der Waals surface area contributed by atoms with E-state index in [0.29, 0.717) is 42.0 Å². The zero-order chi connectivity index (χ0) is 21.8. The minimum absolute atomic E-state index is 0.0207. The molecule has 0 N–H and O–H groups in total. The van der Waals surface area contributed by atoms with Gasteiger partial charge in [-0.1, -0.05) is 32.1 Å². The number of aromatic nitrogens is 4. The van der Waals surface area contributed by atoms with Gasteiger partial charge in [-0.25, -0.2) is 4.68 Å². The number of hydrogen-bond donors (Lipinski definition) is 0. The highest BCUT2D eigenvalue weighted by Crippen LogP contribution is 2.23. The van der Waals surface area contributed by atoms with Crippen LogP contribution in [0.1, 0.15) is 49.6 Å². The molecule has 0 unspecified atom stereocenters. The highest BCUT2D eigenvalue weighted by molar-refractivity contribution is 5.94. The molecule has 0 saturated carbocycles. The molecule has 2 heterocycles. The van der Waals surface area contributed by atoms with Crippen LogP contribution in [0.5, 0.6) is 0 Å². The van der Waals surface area contributed by atoms with E-state index in [1.165, 1.54) is 0 Å². The molecule has 7 heteroatoms. The Labute approximate surface area is 177 Å². The van der Waals surface area contributed by atoms with Gasteiger partial charge in [0.2, 0.25) is 5.89 Å². The summed E-state index contributed by atoms with van der Waals surface area (Å²) >= 11 is 0. The standard InChI is InChI=1S/C23H29N5O2/c1-7-27(14-16(4)5)23(29)18-9-8-10-19(12-18)28-20(11-15(2)3)13-21(26-28)22-25-24-17(6)30-22/h8-10,12-13,15H,4,7,11,14H2,1-3,5-6H3. The van der Waals surface area contributed by atoms with Crippen molar-refractivity contribution in [2.24, 2.45) is 5.92 Å². The van der Waals surface area contributed by atoms with Crippen molar-refractivity contribution in [1.82, 2.24) is 24.9 Å². The predicted octanol–water partition coefficient (Wildman–Crippen LogP) is 4.47. The summed E-state index contributed by atoms with van der Waals surface area (Å²) in [5.74, 6) is 1.30. The Hall–Kier alpha value is -3.22. The summed E-state index contributed by atoms with van der Waals surface area (Å²) in [7, 11) is 0. The number of benzene rings is 1. The second-order valence-electron chi connectivity index (χ2n) is 7.98. The number of nitrogens with zero attached hydrogens (tertiary/aromatic N) is 5. The molecule has 3 aromatic rings. The van der Waals surface area contributed by atoms with Gasteiger partial charge in [-0.05, 0) is 50.5 Å². The van der Waals surface area contributed by atoms with Crippen molar-refractivity contribution in [1.29, 1.82) is 0 Å². The summed E-state index contributed by atoms with van der Waals surface area (Å²) < 4.78 is 7.42. The van der Waals surface area contributed by atoms with E-state index in [1.54, 1.807) is 11.8 Å². The van der Waals surface area contributed by atoms with Gasteiger partial charge < -0.3 is 9.32 Å². The Morgan fingerprint density at radius 3 is 2.63 bits per heavy atom. The van der Waals surface area contributed by atoms with Crippen LogP contribution in [-0.4, -0.2) is 43.9 Å². The lowest BCUT2D eigenvalue weighted by atomic mass is 10.1. The lowest BCUT2D eigenvalue weighted by Crippen LogP contribution is -2.32. The predicted molar refractivity (Wildman–Crippen MR) is 117 cm³/mol. The van der Waals surface area contributed by atoms with Crippen molar-refractivity contribution >= 4 is 5.91 Å². The van der Waals surface area contributed by atoms with Gasteiger partial charge in [0.1, 0.15) is 5.69 Å². The summed E-state index contributed by atoms with van der Waals surface area (Å²) in [6.45, 7) is 15.1. The van der Waals surface area contributed by atoms with E-state index < -0.39 is 0 Å². The van der Waals surface area contributed by atoms with Gasteiger partial charge in [0.25, 0.3) is 11.8 Å². The van der Waals surface area contributed by atoms with E-state index in [1.807, 2.05) is 48.9 Å². The van der Waals surface area contributed by atoms with Crippen LogP contribution < -0.4 is 0 Å². The normalized spacial score (nSPS) is 11.1. The molecule has 7 nitrogen and oxygen atoms in total. The second kappa shape index (κ2) is 9.07. The minimum Gasteiger partial charge on any atom is -0.420 e. The van der Waals surface area contributed by atoms with Crippen LogP contribution in [0.15, 0.2) is 46.9 Å². The summed E-state index contributed by atoms with van der Waals surface area (Å²) in [4.78, 5) is 14.8. The topological polar surface area (TPSA) is 77.1 Å². The highest BCUT2D eigenvalue weighted by atomic mass is 16.4. The van der Waals surface area contributed by atoms with Gasteiger partial charge in [-0.2, -0.15) is 5.10 Å². The Morgan fingerprint density at radius 2 is 2.03 bits per heavy atom. The van der Waals surface area contributed by atoms with Gasteiger partial charge in [0, 0.05) is 31.3 Å². The monoisotopic (exact) mass is 407 g/mol. The Balaban J connectivity index is 2.00. The van der Waals surface area contributed by atoms with E-state index >= 15 is 0 Å². The van der Waals surface area contributed by atoms with Crippen molar-refractivity contribution in [3.05, 3.63) is 59.6 Å². The Bertz CT molecular complexity index is 1050. The highest BCUT2D eigenvalue weighted by Gasteiger charge is 2.19. The first-order valence-corrected chi connectivity index (χ1v) is 10.2. The maximum absolute atomic E-state index is 13.0. The minimum atomic E-state index is -0.0207. The molecule has 1 aromatic carbocycles. The summed E-state index contributed by atoms with van der Waals surface area (Å²) in [5, 5.41) is 12.7. The molecule has 2 aromatic heterocycles. The zero-order valence-corrected chi connectivity index (χ0v) is 18.3. The van der Waals surface area contributed by atoms with Crippen molar-refractivity contribution in [2.45, 2.75) is 41.0 Å². The molecule has 0 spiro atoms. The fraction of sp³-hybridized carbons (Fsp3) is 0.391. The van der Waals surface area contributed by atoms with Crippen molar-refractivity contribution in [3.8, 4) is 17.3 Å². The second-order valence-corrected chi connectivity index (χ2v) is 7.98. The van der Waals surface area contributed by atoms with E-state index in [-0.39, 0.29) is 5.91 Å².